The highest BCUT2D eigenvalue weighted by molar-refractivity contribution is 5.94. The topological polar surface area (TPSA) is 116 Å². The van der Waals surface area contributed by atoms with Gasteiger partial charge >= 0.3 is 0 Å². The van der Waals surface area contributed by atoms with E-state index in [9.17, 15) is 9.59 Å². The molecule has 3 rings (SSSR count). The number of aromatic nitrogens is 2. The second-order valence-corrected chi connectivity index (χ2v) is 5.83. The molecule has 0 aliphatic carbocycles. The maximum atomic E-state index is 12.5. The van der Waals surface area contributed by atoms with Crippen LogP contribution in [0.5, 0.6) is 0 Å². The van der Waals surface area contributed by atoms with E-state index >= 15 is 0 Å². The quantitative estimate of drug-likeness (QED) is 0.888. The normalized spacial score (nSPS) is 15.0. The van der Waals surface area contributed by atoms with Gasteiger partial charge in [0.25, 0.3) is 11.8 Å². The molecule has 122 valence electrons. The van der Waals surface area contributed by atoms with Crippen LogP contribution in [0.25, 0.3) is 0 Å². The molecular weight excluding hydrogens is 306 g/mol. The van der Waals surface area contributed by atoms with Gasteiger partial charge in [-0.25, -0.2) is 0 Å². The Morgan fingerprint density at radius 1 is 1.25 bits per heavy atom. The number of hydrogen-bond acceptors (Lipinski definition) is 4. The van der Waals surface area contributed by atoms with Crippen molar-refractivity contribution in [3.63, 3.8) is 0 Å². The Hall–Kier alpha value is -3.14. The maximum Gasteiger partial charge on any atom is 0.269 e. The summed E-state index contributed by atoms with van der Waals surface area (Å²) in [7, 11) is 0. The molecule has 0 saturated carbocycles. The van der Waals surface area contributed by atoms with Crippen LogP contribution in [-0.4, -0.2) is 40.0 Å². The molecular formula is C17H17N5O2. The number of piperidine rings is 1. The Morgan fingerprint density at radius 2 is 1.92 bits per heavy atom. The SMILES string of the molecule is N#Cc1ccc(C(=O)N2CCC(c3cc(C(N)=O)n[nH]3)CC2)cc1. The van der Waals surface area contributed by atoms with Crippen LogP contribution in [0.4, 0.5) is 0 Å². The number of amides is 2. The largest absolute Gasteiger partial charge is 0.364 e. The van der Waals surface area contributed by atoms with Crippen molar-refractivity contribution in [3.05, 3.63) is 52.8 Å². The van der Waals surface area contributed by atoms with Crippen LogP contribution in [0.1, 0.15) is 50.9 Å². The second-order valence-electron chi connectivity index (χ2n) is 5.83. The number of aromatic amines is 1. The average molecular weight is 323 g/mol. The zero-order chi connectivity index (χ0) is 17.1. The first-order valence-electron chi connectivity index (χ1n) is 7.73. The predicted molar refractivity (Wildman–Crippen MR) is 86.1 cm³/mol. The Labute approximate surface area is 139 Å². The van der Waals surface area contributed by atoms with Crippen molar-refractivity contribution in [2.45, 2.75) is 18.8 Å². The fourth-order valence-corrected chi connectivity index (χ4v) is 2.94. The standard InChI is InChI=1S/C17H17N5O2/c18-10-11-1-3-13(4-2-11)17(24)22-7-5-12(6-8-22)14-9-15(16(19)23)21-20-14/h1-4,9,12H,5-8H2,(H2,19,23)(H,20,21). The van der Waals surface area contributed by atoms with Gasteiger partial charge in [-0.15, -0.1) is 0 Å². The minimum atomic E-state index is -0.550. The maximum absolute atomic E-state index is 12.5. The number of nitriles is 1. The van der Waals surface area contributed by atoms with Crippen LogP contribution in [0, 0.1) is 11.3 Å². The van der Waals surface area contributed by atoms with Crippen molar-refractivity contribution in [1.29, 1.82) is 5.26 Å². The molecule has 0 bridgehead atoms. The number of H-pyrrole nitrogens is 1. The summed E-state index contributed by atoms with van der Waals surface area (Å²) in [5.41, 5.74) is 7.45. The van der Waals surface area contributed by atoms with Crippen molar-refractivity contribution < 1.29 is 9.59 Å². The van der Waals surface area contributed by atoms with E-state index in [4.69, 9.17) is 11.0 Å². The van der Waals surface area contributed by atoms with Crippen molar-refractivity contribution in [2.75, 3.05) is 13.1 Å². The van der Waals surface area contributed by atoms with Gasteiger partial charge in [0.15, 0.2) is 0 Å². The lowest BCUT2D eigenvalue weighted by molar-refractivity contribution is 0.0712. The van der Waals surface area contributed by atoms with Crippen molar-refractivity contribution >= 4 is 11.8 Å². The summed E-state index contributed by atoms with van der Waals surface area (Å²) in [5, 5.41) is 15.6. The monoisotopic (exact) mass is 323 g/mol. The van der Waals surface area contributed by atoms with Gasteiger partial charge in [-0.2, -0.15) is 10.4 Å². The number of rotatable bonds is 3. The summed E-state index contributed by atoms with van der Waals surface area (Å²) < 4.78 is 0. The van der Waals surface area contributed by atoms with Gasteiger partial charge in [-0.3, -0.25) is 14.7 Å². The third-order valence-electron chi connectivity index (χ3n) is 4.33. The molecule has 2 heterocycles. The number of nitrogens with zero attached hydrogens (tertiary/aromatic N) is 3. The fourth-order valence-electron chi connectivity index (χ4n) is 2.94. The van der Waals surface area contributed by atoms with E-state index in [0.717, 1.165) is 18.5 Å². The lowest BCUT2D eigenvalue weighted by Crippen LogP contribution is -2.38. The number of primary amides is 1. The Morgan fingerprint density at radius 3 is 2.46 bits per heavy atom. The molecule has 2 aromatic rings. The zero-order valence-electron chi connectivity index (χ0n) is 13.0. The van der Waals surface area contributed by atoms with Crippen LogP contribution >= 0.6 is 0 Å². The first kappa shape index (κ1) is 15.7. The van der Waals surface area contributed by atoms with E-state index in [1.807, 2.05) is 11.0 Å². The number of carbonyl (C=O) groups excluding carboxylic acids is 2. The first-order chi connectivity index (χ1) is 11.6. The number of hydrogen-bond donors (Lipinski definition) is 2. The Kier molecular flexibility index (Phi) is 4.29. The summed E-state index contributed by atoms with van der Waals surface area (Å²) in [6.07, 6.45) is 1.59. The third-order valence-corrected chi connectivity index (χ3v) is 4.33. The number of nitrogens with two attached hydrogens (primary N) is 1. The van der Waals surface area contributed by atoms with Crippen LogP contribution in [-0.2, 0) is 0 Å². The van der Waals surface area contributed by atoms with E-state index in [-0.39, 0.29) is 17.5 Å². The number of likely N-dealkylation sites (tertiary alicyclic amines) is 1. The molecule has 1 fully saturated rings. The molecule has 0 atom stereocenters. The highest BCUT2D eigenvalue weighted by atomic mass is 16.2. The smallest absolute Gasteiger partial charge is 0.269 e. The van der Waals surface area contributed by atoms with E-state index in [1.165, 1.54) is 0 Å². The summed E-state index contributed by atoms with van der Waals surface area (Å²) in [6.45, 7) is 1.27. The molecule has 24 heavy (non-hydrogen) atoms. The van der Waals surface area contributed by atoms with Crippen LogP contribution in [0.2, 0.25) is 0 Å². The second kappa shape index (κ2) is 6.54. The van der Waals surface area contributed by atoms with Crippen LogP contribution in [0.3, 0.4) is 0 Å². The molecule has 1 aliphatic heterocycles. The summed E-state index contributed by atoms with van der Waals surface area (Å²) >= 11 is 0. The molecule has 7 heteroatoms. The van der Waals surface area contributed by atoms with E-state index < -0.39 is 5.91 Å². The van der Waals surface area contributed by atoms with Crippen molar-refractivity contribution in [3.8, 4) is 6.07 Å². The molecule has 1 aliphatic rings. The van der Waals surface area contributed by atoms with E-state index in [0.29, 0.717) is 24.2 Å². The minimum Gasteiger partial charge on any atom is -0.364 e. The van der Waals surface area contributed by atoms with Crippen molar-refractivity contribution in [1.82, 2.24) is 15.1 Å². The summed E-state index contributed by atoms with van der Waals surface area (Å²) in [6, 6.07) is 10.4. The minimum absolute atomic E-state index is 0.0274. The van der Waals surface area contributed by atoms with Gasteiger partial charge in [0.2, 0.25) is 0 Å². The van der Waals surface area contributed by atoms with Gasteiger partial charge < -0.3 is 10.6 Å². The van der Waals surface area contributed by atoms with Crippen molar-refractivity contribution in [2.24, 2.45) is 5.73 Å². The summed E-state index contributed by atoms with van der Waals surface area (Å²) in [4.78, 5) is 25.4. The molecule has 7 nitrogen and oxygen atoms in total. The van der Waals surface area contributed by atoms with Gasteiger partial charge in [0.1, 0.15) is 5.69 Å². The first-order valence-corrected chi connectivity index (χ1v) is 7.73. The lowest BCUT2D eigenvalue weighted by atomic mass is 9.93. The molecule has 1 aromatic heterocycles. The molecule has 0 spiro atoms. The molecule has 1 aromatic carbocycles. The van der Waals surface area contributed by atoms with Crippen LogP contribution in [0.15, 0.2) is 30.3 Å². The molecule has 1 saturated heterocycles. The van der Waals surface area contributed by atoms with Gasteiger partial charge in [0, 0.05) is 30.3 Å². The average Bonchev–Trinajstić information content (AvgIpc) is 3.12. The van der Waals surface area contributed by atoms with Gasteiger partial charge in [-0.05, 0) is 43.2 Å². The highest BCUT2D eigenvalue weighted by Gasteiger charge is 2.26. The number of benzene rings is 1. The predicted octanol–water partition coefficient (Wildman–Crippen LogP) is 1.40. The Balaban J connectivity index is 1.62. The van der Waals surface area contributed by atoms with Gasteiger partial charge in [-0.1, -0.05) is 0 Å². The molecule has 3 N–H and O–H groups in total. The fraction of sp³-hybridized carbons (Fsp3) is 0.294. The molecule has 2 amide bonds. The Bertz CT molecular complexity index is 795. The van der Waals surface area contributed by atoms with Crippen LogP contribution < -0.4 is 5.73 Å². The zero-order valence-corrected chi connectivity index (χ0v) is 13.0. The summed E-state index contributed by atoms with van der Waals surface area (Å²) in [5.74, 6) is -0.345. The van der Waals surface area contributed by atoms with E-state index in [1.54, 1.807) is 30.3 Å². The highest BCUT2D eigenvalue weighted by Crippen LogP contribution is 2.27. The van der Waals surface area contributed by atoms with Gasteiger partial charge in [0.05, 0.1) is 11.6 Å². The molecule has 0 radical (unpaired) electrons. The lowest BCUT2D eigenvalue weighted by Gasteiger charge is -2.31. The van der Waals surface area contributed by atoms with E-state index in [2.05, 4.69) is 10.2 Å². The number of nitrogens with one attached hydrogen (secondary N) is 1. The number of carbonyl (C=O) groups is 2. The molecule has 0 unspecified atom stereocenters. The third kappa shape index (κ3) is 3.13.